The van der Waals surface area contributed by atoms with E-state index >= 15 is 0 Å². The molecular weight excluding hydrogens is 269 g/mol. The van der Waals surface area contributed by atoms with Crippen molar-refractivity contribution in [1.29, 1.82) is 0 Å². The smallest absolute Gasteiger partial charge is 0.317 e. The van der Waals surface area contributed by atoms with Gasteiger partial charge in [0.15, 0.2) is 0 Å². The van der Waals surface area contributed by atoms with Gasteiger partial charge in [-0.3, -0.25) is 4.90 Å². The van der Waals surface area contributed by atoms with Gasteiger partial charge in [-0.2, -0.15) is 0 Å². The van der Waals surface area contributed by atoms with E-state index in [2.05, 4.69) is 17.1 Å². The SMILES string of the molecule is CCCCNC(=O)N1CCN(Cc2ccccc2F)CC1. The number of halogens is 1. The van der Waals surface area contributed by atoms with Crippen LogP contribution in [-0.2, 0) is 6.54 Å². The average Bonchev–Trinajstić information content (AvgIpc) is 2.50. The van der Waals surface area contributed by atoms with Crippen molar-refractivity contribution in [2.75, 3.05) is 32.7 Å². The third-order valence-corrected chi connectivity index (χ3v) is 3.82. The normalized spacial score (nSPS) is 16.0. The number of hydrogen-bond donors (Lipinski definition) is 1. The van der Waals surface area contributed by atoms with Crippen molar-refractivity contribution in [3.05, 3.63) is 35.6 Å². The van der Waals surface area contributed by atoms with Crippen LogP contribution in [0.3, 0.4) is 0 Å². The summed E-state index contributed by atoms with van der Waals surface area (Å²) in [6, 6.07) is 6.90. The van der Waals surface area contributed by atoms with E-state index in [1.54, 1.807) is 6.07 Å². The summed E-state index contributed by atoms with van der Waals surface area (Å²) >= 11 is 0. The van der Waals surface area contributed by atoms with Crippen LogP contribution in [0.4, 0.5) is 9.18 Å². The molecule has 1 fully saturated rings. The second-order valence-electron chi connectivity index (χ2n) is 5.44. The van der Waals surface area contributed by atoms with Gasteiger partial charge in [-0.1, -0.05) is 31.5 Å². The molecule has 0 radical (unpaired) electrons. The molecule has 1 heterocycles. The van der Waals surface area contributed by atoms with Crippen molar-refractivity contribution >= 4 is 6.03 Å². The van der Waals surface area contributed by atoms with Crippen LogP contribution >= 0.6 is 0 Å². The molecule has 0 atom stereocenters. The topological polar surface area (TPSA) is 35.6 Å². The molecular formula is C16H24FN3O. The molecule has 1 aromatic carbocycles. The Labute approximate surface area is 125 Å². The Bertz CT molecular complexity index is 459. The maximum Gasteiger partial charge on any atom is 0.317 e. The van der Waals surface area contributed by atoms with Crippen LogP contribution in [-0.4, -0.2) is 48.6 Å². The van der Waals surface area contributed by atoms with Gasteiger partial charge >= 0.3 is 6.03 Å². The summed E-state index contributed by atoms with van der Waals surface area (Å²) in [5.41, 5.74) is 0.721. The molecule has 1 aromatic rings. The minimum atomic E-state index is -0.155. The molecule has 0 saturated carbocycles. The van der Waals surface area contributed by atoms with Crippen molar-refractivity contribution in [3.63, 3.8) is 0 Å². The van der Waals surface area contributed by atoms with Crippen LogP contribution in [0.25, 0.3) is 0 Å². The Morgan fingerprint density at radius 1 is 1.24 bits per heavy atom. The Balaban J connectivity index is 1.75. The molecule has 0 unspecified atom stereocenters. The lowest BCUT2D eigenvalue weighted by atomic mass is 10.2. The van der Waals surface area contributed by atoms with E-state index in [1.165, 1.54) is 6.07 Å². The van der Waals surface area contributed by atoms with Crippen LogP contribution < -0.4 is 5.32 Å². The highest BCUT2D eigenvalue weighted by molar-refractivity contribution is 5.74. The average molecular weight is 293 g/mol. The molecule has 1 N–H and O–H groups in total. The summed E-state index contributed by atoms with van der Waals surface area (Å²) in [6.07, 6.45) is 2.09. The lowest BCUT2D eigenvalue weighted by molar-refractivity contribution is 0.134. The number of piperazine rings is 1. The van der Waals surface area contributed by atoms with Crippen molar-refractivity contribution in [2.45, 2.75) is 26.3 Å². The lowest BCUT2D eigenvalue weighted by Crippen LogP contribution is -2.51. The minimum Gasteiger partial charge on any atom is -0.338 e. The van der Waals surface area contributed by atoms with E-state index in [4.69, 9.17) is 0 Å². The van der Waals surface area contributed by atoms with Crippen molar-refractivity contribution in [1.82, 2.24) is 15.1 Å². The predicted molar refractivity (Wildman–Crippen MR) is 81.6 cm³/mol. The van der Waals surface area contributed by atoms with E-state index in [0.717, 1.165) is 38.0 Å². The van der Waals surface area contributed by atoms with E-state index in [0.29, 0.717) is 19.6 Å². The van der Waals surface area contributed by atoms with Gasteiger partial charge in [0.1, 0.15) is 5.82 Å². The molecule has 5 heteroatoms. The van der Waals surface area contributed by atoms with Gasteiger partial charge in [-0.15, -0.1) is 0 Å². The number of unbranched alkanes of at least 4 members (excludes halogenated alkanes) is 1. The van der Waals surface area contributed by atoms with Gasteiger partial charge in [0, 0.05) is 44.8 Å². The van der Waals surface area contributed by atoms with Gasteiger partial charge in [0.2, 0.25) is 0 Å². The number of carbonyl (C=O) groups is 1. The quantitative estimate of drug-likeness (QED) is 0.847. The van der Waals surface area contributed by atoms with Gasteiger partial charge in [-0.25, -0.2) is 9.18 Å². The number of amides is 2. The summed E-state index contributed by atoms with van der Waals surface area (Å²) in [4.78, 5) is 16.0. The highest BCUT2D eigenvalue weighted by Crippen LogP contribution is 2.12. The largest absolute Gasteiger partial charge is 0.338 e. The molecule has 0 bridgehead atoms. The van der Waals surface area contributed by atoms with E-state index in [-0.39, 0.29) is 11.8 Å². The van der Waals surface area contributed by atoms with Crippen molar-refractivity contribution < 1.29 is 9.18 Å². The molecule has 1 saturated heterocycles. The first-order valence-corrected chi connectivity index (χ1v) is 7.69. The Morgan fingerprint density at radius 3 is 2.62 bits per heavy atom. The Kier molecular flexibility index (Phi) is 5.99. The molecule has 0 aliphatic carbocycles. The van der Waals surface area contributed by atoms with Gasteiger partial charge in [0.25, 0.3) is 0 Å². The number of nitrogens with one attached hydrogen (secondary N) is 1. The zero-order chi connectivity index (χ0) is 15.1. The summed E-state index contributed by atoms with van der Waals surface area (Å²) < 4.78 is 13.6. The number of rotatable bonds is 5. The Hall–Kier alpha value is -1.62. The van der Waals surface area contributed by atoms with Crippen LogP contribution in [0.1, 0.15) is 25.3 Å². The van der Waals surface area contributed by atoms with Crippen molar-refractivity contribution in [3.8, 4) is 0 Å². The van der Waals surface area contributed by atoms with E-state index < -0.39 is 0 Å². The van der Waals surface area contributed by atoms with Crippen LogP contribution in [0.15, 0.2) is 24.3 Å². The molecule has 2 rings (SSSR count). The maximum atomic E-state index is 13.6. The zero-order valence-corrected chi connectivity index (χ0v) is 12.6. The summed E-state index contributed by atoms with van der Waals surface area (Å²) in [5.74, 6) is -0.155. The minimum absolute atomic E-state index is 0.0222. The predicted octanol–water partition coefficient (Wildman–Crippen LogP) is 2.45. The number of benzene rings is 1. The van der Waals surface area contributed by atoms with Gasteiger partial charge in [-0.05, 0) is 12.5 Å². The second-order valence-corrected chi connectivity index (χ2v) is 5.44. The lowest BCUT2D eigenvalue weighted by Gasteiger charge is -2.34. The highest BCUT2D eigenvalue weighted by Gasteiger charge is 2.21. The number of hydrogen-bond acceptors (Lipinski definition) is 2. The van der Waals surface area contributed by atoms with Crippen LogP contribution in [0, 0.1) is 5.82 Å². The fourth-order valence-corrected chi connectivity index (χ4v) is 2.46. The molecule has 0 aromatic heterocycles. The Morgan fingerprint density at radius 2 is 1.95 bits per heavy atom. The third kappa shape index (κ3) is 4.70. The number of nitrogens with zero attached hydrogens (tertiary/aromatic N) is 2. The number of urea groups is 1. The molecule has 0 spiro atoms. The standard InChI is InChI=1S/C16H24FN3O/c1-2-3-8-18-16(21)20-11-9-19(10-12-20)13-14-6-4-5-7-15(14)17/h4-7H,2-3,8-13H2,1H3,(H,18,21). The molecule has 116 valence electrons. The fourth-order valence-electron chi connectivity index (χ4n) is 2.46. The summed E-state index contributed by atoms with van der Waals surface area (Å²) in [6.45, 7) is 6.43. The summed E-state index contributed by atoms with van der Waals surface area (Å²) in [5, 5.41) is 2.94. The van der Waals surface area contributed by atoms with E-state index in [1.807, 2.05) is 17.0 Å². The monoisotopic (exact) mass is 293 g/mol. The molecule has 4 nitrogen and oxygen atoms in total. The molecule has 1 aliphatic rings. The first-order valence-electron chi connectivity index (χ1n) is 7.69. The fraction of sp³-hybridized carbons (Fsp3) is 0.562. The molecule has 1 aliphatic heterocycles. The number of carbonyl (C=O) groups excluding carboxylic acids is 1. The summed E-state index contributed by atoms with van der Waals surface area (Å²) in [7, 11) is 0. The maximum absolute atomic E-state index is 13.6. The molecule has 21 heavy (non-hydrogen) atoms. The van der Waals surface area contributed by atoms with Gasteiger partial charge in [0.05, 0.1) is 0 Å². The van der Waals surface area contributed by atoms with Crippen LogP contribution in [0.2, 0.25) is 0 Å². The second kappa shape index (κ2) is 7.98. The van der Waals surface area contributed by atoms with Gasteiger partial charge < -0.3 is 10.2 Å². The molecule has 2 amide bonds. The van der Waals surface area contributed by atoms with Crippen molar-refractivity contribution in [2.24, 2.45) is 0 Å². The first-order chi connectivity index (χ1) is 10.2. The zero-order valence-electron chi connectivity index (χ0n) is 12.6. The highest BCUT2D eigenvalue weighted by atomic mass is 19.1. The van der Waals surface area contributed by atoms with E-state index in [9.17, 15) is 9.18 Å². The first kappa shape index (κ1) is 15.8. The van der Waals surface area contributed by atoms with Crippen LogP contribution in [0.5, 0.6) is 0 Å². The third-order valence-electron chi connectivity index (χ3n) is 3.82.